The maximum absolute atomic E-state index is 6.03. The minimum atomic E-state index is 0.226. The minimum Gasteiger partial charge on any atom is -0.466 e. The number of rotatable bonds is 6. The Balaban J connectivity index is 1.31. The molecule has 0 unspecified atom stereocenters. The zero-order chi connectivity index (χ0) is 18.5. The van der Waals surface area contributed by atoms with Crippen LogP contribution in [-0.4, -0.2) is 40.1 Å². The fourth-order valence-electron chi connectivity index (χ4n) is 4.13. The van der Waals surface area contributed by atoms with Crippen LogP contribution in [0.25, 0.3) is 11.1 Å². The summed E-state index contributed by atoms with van der Waals surface area (Å²) in [7, 11) is 0. The molecule has 5 heteroatoms. The van der Waals surface area contributed by atoms with E-state index in [0.29, 0.717) is 6.01 Å². The van der Waals surface area contributed by atoms with Crippen LogP contribution in [0.1, 0.15) is 38.5 Å². The van der Waals surface area contributed by atoms with Crippen molar-refractivity contribution in [2.24, 2.45) is 0 Å². The standard InChI is InChI=1S/C22H27N3O2/c1-2-26-20-9-7-17(8-10-20)18-15-23-22(24-16-18)27-21-11-13-25(14-12-21)19-5-3-4-6-19/h2,7-10,15-16,19,21H,1,3-6,11-14H2. The summed E-state index contributed by atoms with van der Waals surface area (Å²) in [6.45, 7) is 5.82. The van der Waals surface area contributed by atoms with E-state index in [4.69, 9.17) is 9.47 Å². The SMILES string of the molecule is C=COc1ccc(-c2cnc(OC3CCN(C4CCCC4)CC3)nc2)cc1. The first-order valence-electron chi connectivity index (χ1n) is 9.92. The lowest BCUT2D eigenvalue weighted by Crippen LogP contribution is -2.43. The van der Waals surface area contributed by atoms with Crippen LogP contribution in [0.3, 0.4) is 0 Å². The molecule has 1 saturated heterocycles. The fraction of sp³-hybridized carbons (Fsp3) is 0.455. The molecular formula is C22H27N3O2. The molecule has 5 nitrogen and oxygen atoms in total. The van der Waals surface area contributed by atoms with E-state index >= 15 is 0 Å². The molecule has 1 saturated carbocycles. The number of ether oxygens (including phenoxy) is 2. The first-order valence-corrected chi connectivity index (χ1v) is 9.92. The van der Waals surface area contributed by atoms with Crippen molar-refractivity contribution < 1.29 is 9.47 Å². The number of hydrogen-bond acceptors (Lipinski definition) is 5. The second-order valence-electron chi connectivity index (χ2n) is 7.35. The molecule has 1 aliphatic carbocycles. The average Bonchev–Trinajstić information content (AvgIpc) is 3.25. The molecule has 1 aromatic heterocycles. The van der Waals surface area contributed by atoms with Crippen LogP contribution >= 0.6 is 0 Å². The van der Waals surface area contributed by atoms with Crippen molar-refractivity contribution in [3.63, 3.8) is 0 Å². The maximum Gasteiger partial charge on any atom is 0.316 e. The summed E-state index contributed by atoms with van der Waals surface area (Å²) < 4.78 is 11.3. The highest BCUT2D eigenvalue weighted by atomic mass is 16.5. The molecule has 0 bridgehead atoms. The van der Waals surface area contributed by atoms with Gasteiger partial charge < -0.3 is 14.4 Å². The van der Waals surface area contributed by atoms with Crippen LogP contribution in [-0.2, 0) is 0 Å². The summed E-state index contributed by atoms with van der Waals surface area (Å²) in [4.78, 5) is 11.5. The zero-order valence-electron chi connectivity index (χ0n) is 15.7. The summed E-state index contributed by atoms with van der Waals surface area (Å²) in [5.41, 5.74) is 2.01. The van der Waals surface area contributed by atoms with Crippen LogP contribution in [0, 0.1) is 0 Å². The van der Waals surface area contributed by atoms with E-state index in [0.717, 1.165) is 48.8 Å². The highest BCUT2D eigenvalue weighted by Crippen LogP contribution is 2.27. The van der Waals surface area contributed by atoms with Crippen LogP contribution in [0.4, 0.5) is 0 Å². The van der Waals surface area contributed by atoms with Crippen LogP contribution in [0.2, 0.25) is 0 Å². The molecule has 1 aromatic carbocycles. The van der Waals surface area contributed by atoms with Crippen LogP contribution < -0.4 is 9.47 Å². The van der Waals surface area contributed by atoms with E-state index in [1.54, 1.807) is 0 Å². The smallest absolute Gasteiger partial charge is 0.316 e. The second-order valence-corrected chi connectivity index (χ2v) is 7.35. The van der Waals surface area contributed by atoms with E-state index in [-0.39, 0.29) is 6.10 Å². The van der Waals surface area contributed by atoms with Gasteiger partial charge in [-0.05, 0) is 43.4 Å². The van der Waals surface area contributed by atoms with Gasteiger partial charge in [-0.2, -0.15) is 0 Å². The second kappa shape index (κ2) is 8.53. The molecular weight excluding hydrogens is 338 g/mol. The summed E-state index contributed by atoms with van der Waals surface area (Å²) in [5.74, 6) is 0.763. The molecule has 2 heterocycles. The first-order chi connectivity index (χ1) is 13.3. The number of benzene rings is 1. The number of aromatic nitrogens is 2. The van der Waals surface area contributed by atoms with Gasteiger partial charge in [-0.1, -0.05) is 31.6 Å². The minimum absolute atomic E-state index is 0.226. The number of likely N-dealkylation sites (tertiary alicyclic amines) is 1. The molecule has 0 N–H and O–H groups in total. The molecule has 0 radical (unpaired) electrons. The molecule has 2 aromatic rings. The summed E-state index contributed by atoms with van der Waals surface area (Å²) in [6.07, 6.45) is 12.9. The molecule has 2 fully saturated rings. The van der Waals surface area contributed by atoms with Crippen molar-refractivity contribution in [2.45, 2.75) is 50.7 Å². The highest BCUT2D eigenvalue weighted by Gasteiger charge is 2.28. The summed E-state index contributed by atoms with van der Waals surface area (Å²) in [5, 5.41) is 0. The van der Waals surface area contributed by atoms with Crippen LogP contribution in [0.5, 0.6) is 11.8 Å². The molecule has 0 amide bonds. The van der Waals surface area contributed by atoms with Gasteiger partial charge in [-0.15, -0.1) is 0 Å². The van der Waals surface area contributed by atoms with Crippen molar-refractivity contribution in [1.82, 2.24) is 14.9 Å². The van der Waals surface area contributed by atoms with E-state index in [2.05, 4.69) is 21.4 Å². The Labute approximate surface area is 161 Å². The Morgan fingerprint density at radius 2 is 1.59 bits per heavy atom. The third-order valence-electron chi connectivity index (χ3n) is 5.62. The quantitative estimate of drug-likeness (QED) is 0.708. The van der Waals surface area contributed by atoms with E-state index in [1.165, 1.54) is 31.9 Å². The van der Waals surface area contributed by atoms with Crippen molar-refractivity contribution >= 4 is 0 Å². The van der Waals surface area contributed by atoms with E-state index in [9.17, 15) is 0 Å². The largest absolute Gasteiger partial charge is 0.466 e. The number of nitrogens with zero attached hydrogens (tertiary/aromatic N) is 3. The number of piperidine rings is 1. The number of hydrogen-bond donors (Lipinski definition) is 0. The van der Waals surface area contributed by atoms with Gasteiger partial charge in [0, 0.05) is 37.1 Å². The Morgan fingerprint density at radius 1 is 0.926 bits per heavy atom. The molecule has 0 atom stereocenters. The molecule has 4 rings (SSSR count). The lowest BCUT2D eigenvalue weighted by atomic mass is 10.0. The lowest BCUT2D eigenvalue weighted by molar-refractivity contribution is 0.0710. The zero-order valence-corrected chi connectivity index (χ0v) is 15.7. The lowest BCUT2D eigenvalue weighted by Gasteiger charge is -2.35. The van der Waals surface area contributed by atoms with Gasteiger partial charge in [0.1, 0.15) is 11.9 Å². The predicted molar refractivity (Wildman–Crippen MR) is 106 cm³/mol. The van der Waals surface area contributed by atoms with Crippen molar-refractivity contribution in [3.8, 4) is 22.9 Å². The predicted octanol–water partition coefficient (Wildman–Crippen LogP) is 4.45. The summed E-state index contributed by atoms with van der Waals surface area (Å²) in [6, 6.07) is 9.06. The van der Waals surface area contributed by atoms with Gasteiger partial charge in [0.15, 0.2) is 0 Å². The van der Waals surface area contributed by atoms with E-state index < -0.39 is 0 Å². The molecule has 27 heavy (non-hydrogen) atoms. The van der Waals surface area contributed by atoms with Gasteiger partial charge in [-0.25, -0.2) is 9.97 Å². The Bertz CT molecular complexity index is 731. The fourth-order valence-corrected chi connectivity index (χ4v) is 4.13. The normalized spacial score (nSPS) is 19.1. The molecule has 2 aliphatic rings. The van der Waals surface area contributed by atoms with Gasteiger partial charge in [-0.3, -0.25) is 0 Å². The summed E-state index contributed by atoms with van der Waals surface area (Å²) >= 11 is 0. The van der Waals surface area contributed by atoms with Crippen molar-refractivity contribution in [2.75, 3.05) is 13.1 Å². The average molecular weight is 365 g/mol. The van der Waals surface area contributed by atoms with Gasteiger partial charge in [0.25, 0.3) is 0 Å². The van der Waals surface area contributed by atoms with Crippen LogP contribution in [0.15, 0.2) is 49.5 Å². The van der Waals surface area contributed by atoms with Gasteiger partial charge >= 0.3 is 6.01 Å². The molecule has 0 spiro atoms. The maximum atomic E-state index is 6.03. The third-order valence-corrected chi connectivity index (χ3v) is 5.62. The Kier molecular flexibility index (Phi) is 5.68. The highest BCUT2D eigenvalue weighted by molar-refractivity contribution is 5.62. The third kappa shape index (κ3) is 4.48. The first kappa shape index (κ1) is 18.0. The van der Waals surface area contributed by atoms with Gasteiger partial charge in [0.2, 0.25) is 0 Å². The Morgan fingerprint density at radius 3 is 2.22 bits per heavy atom. The Hall–Kier alpha value is -2.40. The monoisotopic (exact) mass is 365 g/mol. The molecule has 1 aliphatic heterocycles. The van der Waals surface area contributed by atoms with Crippen molar-refractivity contribution in [3.05, 3.63) is 49.5 Å². The van der Waals surface area contributed by atoms with Gasteiger partial charge in [0.05, 0.1) is 6.26 Å². The topological polar surface area (TPSA) is 47.5 Å². The molecule has 142 valence electrons. The van der Waals surface area contributed by atoms with Crippen molar-refractivity contribution in [1.29, 1.82) is 0 Å². The van der Waals surface area contributed by atoms with E-state index in [1.807, 2.05) is 36.7 Å².